The van der Waals surface area contributed by atoms with Gasteiger partial charge in [0, 0.05) is 16.8 Å². The second-order valence-corrected chi connectivity index (χ2v) is 11.1. The molecule has 2 amide bonds. The van der Waals surface area contributed by atoms with Crippen LogP contribution in [0, 0.1) is 18.8 Å². The Kier molecular flexibility index (Phi) is 4.69. The van der Waals surface area contributed by atoms with E-state index < -0.39 is 6.09 Å². The van der Waals surface area contributed by atoms with Gasteiger partial charge in [0.05, 0.1) is 10.2 Å². The van der Waals surface area contributed by atoms with Gasteiger partial charge in [-0.1, -0.05) is 29.5 Å². The van der Waals surface area contributed by atoms with Crippen molar-refractivity contribution in [1.82, 2.24) is 20.6 Å². The van der Waals surface area contributed by atoms with Gasteiger partial charge in [-0.25, -0.2) is 14.8 Å². The van der Waals surface area contributed by atoms with Crippen LogP contribution in [0.15, 0.2) is 42.5 Å². The number of pyridine rings is 1. The number of para-hydroxylation sites is 1. The first-order chi connectivity index (χ1) is 15.9. The molecule has 8 heteroatoms. The van der Waals surface area contributed by atoms with Crippen LogP contribution in [0.1, 0.15) is 54.7 Å². The molecule has 2 unspecified atom stereocenters. The van der Waals surface area contributed by atoms with Crippen LogP contribution in [0.3, 0.4) is 0 Å². The molecule has 0 aliphatic heterocycles. The van der Waals surface area contributed by atoms with E-state index in [0.29, 0.717) is 22.7 Å². The van der Waals surface area contributed by atoms with E-state index in [1.54, 1.807) is 6.07 Å². The average Bonchev–Trinajstić information content (AvgIpc) is 3.14. The molecule has 2 aromatic heterocycles. The third kappa shape index (κ3) is 3.86. The van der Waals surface area contributed by atoms with Gasteiger partial charge in [0.2, 0.25) is 0 Å². The molecule has 170 valence electrons. The van der Waals surface area contributed by atoms with Crippen LogP contribution in [-0.2, 0) is 0 Å². The summed E-state index contributed by atoms with van der Waals surface area (Å²) in [6, 6.07) is 13.2. The van der Waals surface area contributed by atoms with Crippen LogP contribution in [0.5, 0.6) is 5.19 Å². The topological polar surface area (TPSA) is 93.2 Å². The lowest BCUT2D eigenvalue weighted by Gasteiger charge is -2.61. The number of fused-ring (bicyclic) bond motifs is 1. The first-order valence-electron chi connectivity index (χ1n) is 11.5. The zero-order valence-electron chi connectivity index (χ0n) is 18.5. The number of aryl methyl sites for hydroxylation is 1. The Morgan fingerprint density at radius 1 is 0.970 bits per heavy atom. The first-order valence-corrected chi connectivity index (χ1v) is 12.3. The molecule has 4 saturated carbocycles. The fourth-order valence-electron chi connectivity index (χ4n) is 6.75. The van der Waals surface area contributed by atoms with Crippen LogP contribution in [0.4, 0.5) is 4.79 Å². The van der Waals surface area contributed by atoms with Crippen molar-refractivity contribution in [3.63, 3.8) is 0 Å². The highest BCUT2D eigenvalue weighted by atomic mass is 32.1. The number of hydrogen-bond acceptors (Lipinski definition) is 6. The van der Waals surface area contributed by atoms with E-state index in [4.69, 9.17) is 4.74 Å². The highest BCUT2D eigenvalue weighted by Gasteiger charge is 2.59. The van der Waals surface area contributed by atoms with Crippen LogP contribution < -0.4 is 15.4 Å². The van der Waals surface area contributed by atoms with Crippen LogP contribution >= 0.6 is 11.3 Å². The number of thiazole rings is 1. The van der Waals surface area contributed by atoms with Gasteiger partial charge in [-0.05, 0) is 81.5 Å². The molecule has 4 bridgehead atoms. The number of nitrogens with zero attached hydrogens (tertiary/aromatic N) is 2. The van der Waals surface area contributed by atoms with Gasteiger partial charge >= 0.3 is 6.09 Å². The van der Waals surface area contributed by atoms with E-state index in [1.807, 2.05) is 43.3 Å². The maximum Gasteiger partial charge on any atom is 0.414 e. The van der Waals surface area contributed by atoms with Crippen molar-refractivity contribution in [2.24, 2.45) is 11.8 Å². The number of rotatable bonds is 4. The third-order valence-electron chi connectivity index (χ3n) is 7.38. The predicted molar refractivity (Wildman–Crippen MR) is 125 cm³/mol. The zero-order valence-corrected chi connectivity index (χ0v) is 19.3. The van der Waals surface area contributed by atoms with Crippen molar-refractivity contribution < 1.29 is 14.3 Å². The molecule has 7 rings (SSSR count). The van der Waals surface area contributed by atoms with Crippen LogP contribution in [0.25, 0.3) is 10.2 Å². The fraction of sp³-hybridized carbons (Fsp3) is 0.440. The molecule has 4 fully saturated rings. The van der Waals surface area contributed by atoms with E-state index in [1.165, 1.54) is 11.3 Å². The van der Waals surface area contributed by atoms with Gasteiger partial charge in [0.1, 0.15) is 5.69 Å². The van der Waals surface area contributed by atoms with Gasteiger partial charge in [0.15, 0.2) is 0 Å². The minimum atomic E-state index is -0.460. The number of aromatic nitrogens is 2. The number of nitrogens with one attached hydrogen (secondary N) is 2. The minimum Gasteiger partial charge on any atom is -0.381 e. The van der Waals surface area contributed by atoms with Crippen LogP contribution in [-0.4, -0.2) is 33.0 Å². The van der Waals surface area contributed by atoms with Crippen molar-refractivity contribution >= 4 is 33.6 Å². The summed E-state index contributed by atoms with van der Waals surface area (Å²) in [5.74, 6) is 0.840. The van der Waals surface area contributed by atoms with E-state index >= 15 is 0 Å². The lowest BCUT2D eigenvalue weighted by molar-refractivity contribution is -0.0449. The first kappa shape index (κ1) is 20.6. The molecule has 4 aliphatic carbocycles. The fourth-order valence-corrected chi connectivity index (χ4v) is 7.56. The zero-order chi connectivity index (χ0) is 22.6. The van der Waals surface area contributed by atoms with E-state index in [-0.39, 0.29) is 17.0 Å². The second-order valence-electron chi connectivity index (χ2n) is 10.1. The van der Waals surface area contributed by atoms with Crippen molar-refractivity contribution in [3.05, 3.63) is 53.9 Å². The summed E-state index contributed by atoms with van der Waals surface area (Å²) in [5.41, 5.74) is 1.43. The van der Waals surface area contributed by atoms with E-state index in [0.717, 1.165) is 54.4 Å². The molecule has 4 aliphatic rings. The summed E-state index contributed by atoms with van der Waals surface area (Å²) in [5, 5.41) is 6.89. The molecule has 2 N–H and O–H groups in total. The number of benzene rings is 1. The Balaban J connectivity index is 1.19. The van der Waals surface area contributed by atoms with E-state index in [9.17, 15) is 9.59 Å². The lowest BCUT2D eigenvalue weighted by Crippen LogP contribution is -2.70. The highest BCUT2D eigenvalue weighted by molar-refractivity contribution is 7.20. The Labute approximate surface area is 196 Å². The molecule has 0 radical (unpaired) electrons. The molecule has 3 aromatic rings. The molecule has 1 aromatic carbocycles. The molecule has 2 atom stereocenters. The summed E-state index contributed by atoms with van der Waals surface area (Å²) in [6.45, 7) is 1.89. The highest BCUT2D eigenvalue weighted by Crippen LogP contribution is 2.57. The number of carbonyl (C=O) groups is 2. The Bertz CT molecular complexity index is 1210. The molecule has 0 saturated heterocycles. The van der Waals surface area contributed by atoms with Crippen molar-refractivity contribution in [2.75, 3.05) is 0 Å². The maximum absolute atomic E-state index is 13.0. The van der Waals surface area contributed by atoms with Gasteiger partial charge < -0.3 is 15.4 Å². The summed E-state index contributed by atoms with van der Waals surface area (Å²) in [6.07, 6.45) is 5.19. The molecular formula is C25H26N4O3S. The summed E-state index contributed by atoms with van der Waals surface area (Å²) in [4.78, 5) is 34.7. The summed E-state index contributed by atoms with van der Waals surface area (Å²) in [7, 11) is 0. The molecule has 33 heavy (non-hydrogen) atoms. The molecule has 7 nitrogen and oxygen atoms in total. The Hall–Kier alpha value is -3.00. The lowest BCUT2D eigenvalue weighted by atomic mass is 9.50. The molecule has 0 spiro atoms. The predicted octanol–water partition coefficient (Wildman–Crippen LogP) is 4.61. The standard InChI is InChI=1S/C25H26N4O3S/c1-15-5-4-7-19(26-15)21(30)28-24-10-16-9-17(11-24)13-25(12-16,14-24)29-22(31)32-23-27-18-6-2-3-8-20(18)33-23/h2-8,16-17H,9-14H2,1H3,(H,28,30)(H,29,31). The van der Waals surface area contributed by atoms with Gasteiger partial charge in [0.25, 0.3) is 11.1 Å². The summed E-state index contributed by atoms with van der Waals surface area (Å²) >= 11 is 1.37. The van der Waals surface area contributed by atoms with Crippen molar-refractivity contribution in [1.29, 1.82) is 0 Å². The minimum absolute atomic E-state index is 0.132. The average molecular weight is 463 g/mol. The van der Waals surface area contributed by atoms with Crippen molar-refractivity contribution in [3.8, 4) is 5.19 Å². The van der Waals surface area contributed by atoms with Gasteiger partial charge in [-0.3, -0.25) is 4.79 Å². The quantitative estimate of drug-likeness (QED) is 0.591. The maximum atomic E-state index is 13.0. The smallest absolute Gasteiger partial charge is 0.381 e. The van der Waals surface area contributed by atoms with Gasteiger partial charge in [-0.15, -0.1) is 0 Å². The number of amides is 2. The molecular weight excluding hydrogens is 436 g/mol. The monoisotopic (exact) mass is 462 g/mol. The second kappa shape index (κ2) is 7.52. The SMILES string of the molecule is Cc1cccc(C(=O)NC23CC4CC(CC(NC(=O)Oc5nc6ccccc6s5)(C4)C2)C3)n1. The van der Waals surface area contributed by atoms with Crippen molar-refractivity contribution in [2.45, 2.75) is 56.5 Å². The third-order valence-corrected chi connectivity index (χ3v) is 8.30. The normalized spacial score (nSPS) is 29.7. The van der Waals surface area contributed by atoms with Gasteiger partial charge in [-0.2, -0.15) is 0 Å². The molecule has 2 heterocycles. The Morgan fingerprint density at radius 2 is 1.70 bits per heavy atom. The van der Waals surface area contributed by atoms with E-state index in [2.05, 4.69) is 20.6 Å². The van der Waals surface area contributed by atoms with Crippen LogP contribution in [0.2, 0.25) is 0 Å². The number of carbonyl (C=O) groups excluding carboxylic acids is 2. The summed E-state index contributed by atoms with van der Waals surface area (Å²) < 4.78 is 6.58. The number of hydrogen-bond donors (Lipinski definition) is 2. The largest absolute Gasteiger partial charge is 0.414 e. The number of ether oxygens (including phenoxy) is 1. The Morgan fingerprint density at radius 3 is 2.42 bits per heavy atom.